The van der Waals surface area contributed by atoms with Crippen LogP contribution in [-0.4, -0.2) is 31.1 Å². The first-order valence-electron chi connectivity index (χ1n) is 9.32. The predicted octanol–water partition coefficient (Wildman–Crippen LogP) is 3.30. The zero-order valence-corrected chi connectivity index (χ0v) is 16.4. The Morgan fingerprint density at radius 3 is 2.28 bits per heavy atom. The van der Waals surface area contributed by atoms with Crippen molar-refractivity contribution in [1.82, 2.24) is 5.32 Å². The van der Waals surface area contributed by atoms with Crippen LogP contribution in [0, 0.1) is 0 Å². The van der Waals surface area contributed by atoms with Crippen LogP contribution >= 0.6 is 0 Å². The van der Waals surface area contributed by atoms with Crippen LogP contribution in [-0.2, 0) is 20.9 Å². The largest absolute Gasteiger partial charge is 0.467 e. The van der Waals surface area contributed by atoms with Gasteiger partial charge in [-0.05, 0) is 35.4 Å². The highest BCUT2D eigenvalue weighted by molar-refractivity contribution is 6.05. The quantitative estimate of drug-likeness (QED) is 0.476. The van der Waals surface area contributed by atoms with E-state index in [1.807, 2.05) is 54.6 Å². The van der Waals surface area contributed by atoms with Gasteiger partial charge >= 0.3 is 5.97 Å². The second kappa shape index (κ2) is 9.21. The Kier molecular flexibility index (Phi) is 6.46. The molecule has 3 rings (SSSR count). The fourth-order valence-electron chi connectivity index (χ4n) is 3.07. The molecule has 0 spiro atoms. The van der Waals surface area contributed by atoms with Crippen molar-refractivity contribution in [3.63, 3.8) is 0 Å². The number of nitrogens with one attached hydrogen (secondary N) is 1. The smallest absolute Gasteiger partial charge is 0.331 e. The number of hydrogen-bond donors (Lipinski definition) is 2. The summed E-state index contributed by atoms with van der Waals surface area (Å²) >= 11 is 0. The molecule has 0 saturated heterocycles. The van der Waals surface area contributed by atoms with Crippen LogP contribution in [0.5, 0.6) is 0 Å². The van der Waals surface area contributed by atoms with Gasteiger partial charge in [0.05, 0.1) is 25.4 Å². The zero-order chi connectivity index (χ0) is 20.8. The maximum atomic E-state index is 12.9. The number of esters is 1. The lowest BCUT2D eigenvalue weighted by molar-refractivity contribution is -0.147. The number of carbonyl (C=O) groups excluding carboxylic acids is 2. The van der Waals surface area contributed by atoms with Crippen molar-refractivity contribution in [3.05, 3.63) is 77.9 Å². The van der Waals surface area contributed by atoms with Crippen molar-refractivity contribution in [3.8, 4) is 0 Å². The Morgan fingerprint density at radius 1 is 1.00 bits per heavy atom. The van der Waals surface area contributed by atoms with E-state index in [0.717, 1.165) is 16.3 Å². The van der Waals surface area contributed by atoms with E-state index in [0.29, 0.717) is 17.9 Å². The van der Waals surface area contributed by atoms with Gasteiger partial charge in [-0.25, -0.2) is 4.79 Å². The van der Waals surface area contributed by atoms with Gasteiger partial charge in [-0.3, -0.25) is 4.79 Å². The number of hydrogen-bond acceptors (Lipinski definition) is 5. The molecule has 3 aromatic carbocycles. The van der Waals surface area contributed by atoms with Gasteiger partial charge in [0, 0.05) is 5.69 Å². The molecule has 29 heavy (non-hydrogen) atoms. The molecule has 3 N–H and O–H groups in total. The molecule has 150 valence electrons. The maximum absolute atomic E-state index is 12.9. The molecule has 0 heterocycles. The van der Waals surface area contributed by atoms with Gasteiger partial charge in [0.25, 0.3) is 5.91 Å². The van der Waals surface area contributed by atoms with Crippen molar-refractivity contribution < 1.29 is 19.1 Å². The zero-order valence-electron chi connectivity index (χ0n) is 16.4. The average Bonchev–Trinajstić information content (AvgIpc) is 2.75. The van der Waals surface area contributed by atoms with Crippen LogP contribution in [0.3, 0.4) is 0 Å². The first-order chi connectivity index (χ1) is 14.0. The van der Waals surface area contributed by atoms with E-state index < -0.39 is 24.0 Å². The highest BCUT2D eigenvalue weighted by Crippen LogP contribution is 2.22. The Balaban J connectivity index is 1.76. The summed E-state index contributed by atoms with van der Waals surface area (Å²) in [6.07, 6.45) is -0.603. The Hall–Kier alpha value is -3.38. The number of carbonyl (C=O) groups is 2. The minimum atomic E-state index is -0.970. The van der Waals surface area contributed by atoms with E-state index in [9.17, 15) is 9.59 Å². The maximum Gasteiger partial charge on any atom is 0.331 e. The lowest BCUT2D eigenvalue weighted by Gasteiger charge is -2.23. The minimum Gasteiger partial charge on any atom is -0.467 e. The van der Waals surface area contributed by atoms with Crippen molar-refractivity contribution in [2.45, 2.75) is 25.7 Å². The Bertz CT molecular complexity index is 1000. The Labute approximate surface area is 169 Å². The van der Waals surface area contributed by atoms with Crippen LogP contribution < -0.4 is 11.1 Å². The number of fused-ring (bicyclic) bond motifs is 1. The van der Waals surface area contributed by atoms with Crippen LogP contribution in [0.1, 0.15) is 22.8 Å². The number of nitrogen functional groups attached to an aromatic ring is 1. The van der Waals surface area contributed by atoms with Gasteiger partial charge in [0.2, 0.25) is 0 Å². The summed E-state index contributed by atoms with van der Waals surface area (Å²) in [5, 5.41) is 4.53. The molecule has 0 bridgehead atoms. The standard InChI is InChI=1S/C23H24N2O4/c1-15(29-14-16-8-4-3-5-9-16)21(23(27)28-2)25-22(26)19-12-17-10-6-7-11-18(17)13-20(19)24/h3-13,15,21H,14,24H2,1-2H3,(H,25,26)/t15-,21-/m0/s1. The van der Waals surface area contributed by atoms with E-state index in [4.69, 9.17) is 15.2 Å². The molecule has 6 nitrogen and oxygen atoms in total. The average molecular weight is 392 g/mol. The predicted molar refractivity (Wildman–Crippen MR) is 112 cm³/mol. The topological polar surface area (TPSA) is 90.7 Å². The molecule has 0 aliphatic rings. The molecule has 0 radical (unpaired) electrons. The Morgan fingerprint density at radius 2 is 1.62 bits per heavy atom. The number of nitrogens with two attached hydrogens (primary N) is 1. The lowest BCUT2D eigenvalue weighted by Crippen LogP contribution is -2.49. The van der Waals surface area contributed by atoms with Gasteiger partial charge in [0.1, 0.15) is 0 Å². The third-order valence-electron chi connectivity index (χ3n) is 4.73. The first-order valence-corrected chi connectivity index (χ1v) is 9.32. The van der Waals surface area contributed by atoms with Gasteiger partial charge in [0.15, 0.2) is 6.04 Å². The van der Waals surface area contributed by atoms with Gasteiger partial charge < -0.3 is 20.5 Å². The molecule has 6 heteroatoms. The van der Waals surface area contributed by atoms with E-state index in [-0.39, 0.29) is 0 Å². The molecule has 0 saturated carbocycles. The number of methoxy groups -OCH3 is 1. The van der Waals surface area contributed by atoms with Crippen molar-refractivity contribution in [2.75, 3.05) is 12.8 Å². The van der Waals surface area contributed by atoms with Crippen LogP contribution in [0.4, 0.5) is 5.69 Å². The van der Waals surface area contributed by atoms with Crippen molar-refractivity contribution in [2.24, 2.45) is 0 Å². The van der Waals surface area contributed by atoms with Crippen molar-refractivity contribution in [1.29, 1.82) is 0 Å². The molecular formula is C23H24N2O4. The second-order valence-electron chi connectivity index (χ2n) is 6.76. The fraction of sp³-hybridized carbons (Fsp3) is 0.217. The molecule has 0 aliphatic carbocycles. The first kappa shape index (κ1) is 20.4. The molecule has 1 amide bonds. The van der Waals surface area contributed by atoms with Crippen LogP contribution in [0.25, 0.3) is 10.8 Å². The molecule has 0 fully saturated rings. The lowest BCUT2D eigenvalue weighted by atomic mass is 10.0. The third kappa shape index (κ3) is 4.92. The monoisotopic (exact) mass is 392 g/mol. The van der Waals surface area contributed by atoms with Gasteiger partial charge in [-0.1, -0.05) is 54.6 Å². The number of ether oxygens (including phenoxy) is 2. The summed E-state index contributed by atoms with van der Waals surface area (Å²) in [4.78, 5) is 25.1. The highest BCUT2D eigenvalue weighted by atomic mass is 16.5. The fourth-order valence-corrected chi connectivity index (χ4v) is 3.07. The van der Waals surface area contributed by atoms with Gasteiger partial charge in [-0.15, -0.1) is 0 Å². The summed E-state index contributed by atoms with van der Waals surface area (Å²) < 4.78 is 10.7. The number of anilines is 1. The summed E-state index contributed by atoms with van der Waals surface area (Å²) in [6, 6.07) is 19.7. The number of benzene rings is 3. The van der Waals surface area contributed by atoms with E-state index >= 15 is 0 Å². The normalized spacial score (nSPS) is 12.9. The van der Waals surface area contributed by atoms with E-state index in [1.165, 1.54) is 7.11 Å². The molecular weight excluding hydrogens is 368 g/mol. The van der Waals surface area contributed by atoms with E-state index in [2.05, 4.69) is 5.32 Å². The van der Waals surface area contributed by atoms with E-state index in [1.54, 1.807) is 19.1 Å². The van der Waals surface area contributed by atoms with Crippen LogP contribution in [0.15, 0.2) is 66.7 Å². The molecule has 0 unspecified atom stereocenters. The molecule has 0 aromatic heterocycles. The summed E-state index contributed by atoms with van der Waals surface area (Å²) in [5.74, 6) is -1.04. The van der Waals surface area contributed by atoms with Crippen molar-refractivity contribution >= 4 is 28.3 Å². The molecule has 0 aliphatic heterocycles. The molecule has 3 aromatic rings. The van der Waals surface area contributed by atoms with Gasteiger partial charge in [-0.2, -0.15) is 0 Å². The molecule has 2 atom stereocenters. The highest BCUT2D eigenvalue weighted by Gasteiger charge is 2.29. The summed E-state index contributed by atoms with van der Waals surface area (Å²) in [5.41, 5.74) is 7.67. The summed E-state index contributed by atoms with van der Waals surface area (Å²) in [6.45, 7) is 2.03. The number of amides is 1. The van der Waals surface area contributed by atoms with Crippen LogP contribution in [0.2, 0.25) is 0 Å². The number of rotatable bonds is 7. The second-order valence-corrected chi connectivity index (χ2v) is 6.76. The summed E-state index contributed by atoms with van der Waals surface area (Å²) in [7, 11) is 1.27. The SMILES string of the molecule is COC(=O)[C@@H](NC(=O)c1cc2ccccc2cc1N)[C@H](C)OCc1ccccc1. The third-order valence-corrected chi connectivity index (χ3v) is 4.73. The minimum absolute atomic E-state index is 0.299.